The fourth-order valence-electron chi connectivity index (χ4n) is 2.15. The van der Waals surface area contributed by atoms with Crippen LogP contribution in [-0.4, -0.2) is 30.2 Å². The van der Waals surface area contributed by atoms with Crippen LogP contribution in [0.1, 0.15) is 19.4 Å². The molecule has 1 aromatic carbocycles. The normalized spacial score (nSPS) is 11.2. The Morgan fingerprint density at radius 2 is 1.96 bits per heavy atom. The molecule has 0 saturated heterocycles. The topological polar surface area (TPSA) is 47.5 Å². The zero-order chi connectivity index (χ0) is 17.7. The molecule has 2 aromatic rings. The van der Waals surface area contributed by atoms with Crippen molar-refractivity contribution in [1.29, 1.82) is 0 Å². The lowest BCUT2D eigenvalue weighted by Crippen LogP contribution is -2.20. The molecule has 0 fully saturated rings. The molecule has 0 bridgehead atoms. The minimum absolute atomic E-state index is 0.0742. The number of hydrogen-bond acceptors (Lipinski definition) is 5. The van der Waals surface area contributed by atoms with Crippen LogP contribution >= 0.6 is 0 Å². The molecule has 0 saturated carbocycles. The second-order valence-corrected chi connectivity index (χ2v) is 4.77. The summed E-state index contributed by atoms with van der Waals surface area (Å²) in [4.78, 5) is 9.50. The van der Waals surface area contributed by atoms with E-state index in [2.05, 4.69) is 9.97 Å². The van der Waals surface area contributed by atoms with Gasteiger partial charge >= 0.3 is 6.18 Å². The van der Waals surface area contributed by atoms with Crippen molar-refractivity contribution in [2.24, 2.45) is 0 Å². The van der Waals surface area contributed by atoms with Gasteiger partial charge < -0.3 is 14.4 Å². The van der Waals surface area contributed by atoms with Crippen LogP contribution in [-0.2, 0) is 6.18 Å². The lowest BCUT2D eigenvalue weighted by atomic mass is 10.2. The second-order valence-electron chi connectivity index (χ2n) is 4.77. The summed E-state index contributed by atoms with van der Waals surface area (Å²) in [7, 11) is 1.54. The number of methoxy groups -OCH3 is 1. The number of alkyl halides is 3. The fourth-order valence-corrected chi connectivity index (χ4v) is 2.15. The smallest absolute Gasteiger partial charge is 0.423 e. The lowest BCUT2D eigenvalue weighted by molar-refractivity contribution is -0.139. The lowest BCUT2D eigenvalue weighted by Gasteiger charge is -2.22. The van der Waals surface area contributed by atoms with E-state index in [0.29, 0.717) is 18.0 Å². The summed E-state index contributed by atoms with van der Waals surface area (Å²) in [6.07, 6.45) is -3.83. The molecular weight excluding hydrogens is 323 g/mol. The highest BCUT2D eigenvalue weighted by atomic mass is 19.4. The van der Waals surface area contributed by atoms with E-state index in [-0.39, 0.29) is 12.6 Å². The average Bonchev–Trinajstić information content (AvgIpc) is 2.55. The number of benzene rings is 1. The molecule has 1 aromatic heterocycles. The predicted octanol–water partition coefficient (Wildman–Crippen LogP) is 4.06. The van der Waals surface area contributed by atoms with E-state index in [9.17, 15) is 13.2 Å². The first-order chi connectivity index (χ1) is 11.4. The Balaban J connectivity index is 2.46. The molecular formula is C16H18F3N3O2. The number of anilines is 2. The number of nitrogens with zero attached hydrogens (tertiary/aromatic N) is 3. The Morgan fingerprint density at radius 3 is 2.54 bits per heavy atom. The van der Waals surface area contributed by atoms with Crippen molar-refractivity contribution in [3.63, 3.8) is 0 Å². The maximum absolute atomic E-state index is 13.0. The summed E-state index contributed by atoms with van der Waals surface area (Å²) in [6, 6.07) is 7.11. The first-order valence-electron chi connectivity index (χ1n) is 7.39. The molecule has 0 atom stereocenters. The minimum Gasteiger partial charge on any atom is -0.497 e. The Bertz CT molecular complexity index is 693. The average molecular weight is 341 g/mol. The molecule has 0 unspecified atom stereocenters. The zero-order valence-corrected chi connectivity index (χ0v) is 13.6. The van der Waals surface area contributed by atoms with Crippen LogP contribution in [0.5, 0.6) is 11.6 Å². The summed E-state index contributed by atoms with van der Waals surface area (Å²) < 4.78 is 49.3. The van der Waals surface area contributed by atoms with Gasteiger partial charge in [-0.05, 0) is 26.0 Å². The molecule has 0 aliphatic carbocycles. The van der Waals surface area contributed by atoms with Gasteiger partial charge in [-0.25, -0.2) is 4.98 Å². The molecule has 0 aliphatic rings. The first-order valence-corrected chi connectivity index (χ1v) is 7.39. The van der Waals surface area contributed by atoms with Crippen molar-refractivity contribution in [2.75, 3.05) is 25.2 Å². The van der Waals surface area contributed by atoms with Crippen LogP contribution in [0, 0.1) is 0 Å². The van der Waals surface area contributed by atoms with E-state index in [1.165, 1.54) is 7.11 Å². The van der Waals surface area contributed by atoms with Gasteiger partial charge in [0.15, 0.2) is 0 Å². The molecule has 1 heterocycles. The fraction of sp³-hybridized carbons (Fsp3) is 0.375. The standard InChI is InChI=1S/C16H18F3N3O2/c1-4-22(11-7-6-8-12(9-11)23-3)15-20-10-13(16(17,18)19)14(21-15)24-5-2/h6-10H,4-5H2,1-3H3. The molecule has 0 N–H and O–H groups in total. The highest BCUT2D eigenvalue weighted by molar-refractivity contribution is 5.59. The first kappa shape index (κ1) is 17.8. The van der Waals surface area contributed by atoms with Gasteiger partial charge in [0.05, 0.1) is 13.7 Å². The summed E-state index contributed by atoms with van der Waals surface area (Å²) in [5.74, 6) is 0.279. The van der Waals surface area contributed by atoms with Gasteiger partial charge in [0.2, 0.25) is 11.8 Å². The van der Waals surface area contributed by atoms with Crippen molar-refractivity contribution in [1.82, 2.24) is 9.97 Å². The molecule has 0 spiro atoms. The van der Waals surface area contributed by atoms with E-state index < -0.39 is 17.6 Å². The van der Waals surface area contributed by atoms with Gasteiger partial charge in [-0.3, -0.25) is 0 Å². The van der Waals surface area contributed by atoms with Crippen LogP contribution < -0.4 is 14.4 Å². The van der Waals surface area contributed by atoms with Crippen molar-refractivity contribution >= 4 is 11.6 Å². The molecule has 8 heteroatoms. The van der Waals surface area contributed by atoms with Gasteiger partial charge in [0, 0.05) is 24.5 Å². The van der Waals surface area contributed by atoms with Gasteiger partial charge in [0.25, 0.3) is 0 Å². The van der Waals surface area contributed by atoms with Gasteiger partial charge in [-0.2, -0.15) is 18.2 Å². The maximum atomic E-state index is 13.0. The van der Waals surface area contributed by atoms with E-state index in [0.717, 1.165) is 6.20 Å². The van der Waals surface area contributed by atoms with Crippen LogP contribution in [0.3, 0.4) is 0 Å². The third-order valence-electron chi connectivity index (χ3n) is 3.25. The number of halogens is 3. The Labute approximate surface area is 138 Å². The number of hydrogen-bond donors (Lipinski definition) is 0. The molecule has 0 aliphatic heterocycles. The van der Waals surface area contributed by atoms with Crippen molar-refractivity contribution in [3.8, 4) is 11.6 Å². The highest BCUT2D eigenvalue weighted by Crippen LogP contribution is 2.36. The van der Waals surface area contributed by atoms with E-state index >= 15 is 0 Å². The van der Waals surface area contributed by atoms with Crippen molar-refractivity contribution in [3.05, 3.63) is 36.0 Å². The Kier molecular flexibility index (Phi) is 5.48. The molecule has 130 valence electrons. The largest absolute Gasteiger partial charge is 0.497 e. The zero-order valence-electron chi connectivity index (χ0n) is 13.6. The van der Waals surface area contributed by atoms with Gasteiger partial charge in [0.1, 0.15) is 11.3 Å². The molecule has 0 amide bonds. The molecule has 2 rings (SSSR count). The van der Waals surface area contributed by atoms with Gasteiger partial charge in [-0.1, -0.05) is 6.07 Å². The molecule has 5 nitrogen and oxygen atoms in total. The van der Waals surface area contributed by atoms with Gasteiger partial charge in [-0.15, -0.1) is 0 Å². The minimum atomic E-state index is -4.57. The SMILES string of the molecule is CCOc1nc(N(CC)c2cccc(OC)c2)ncc1C(F)(F)F. The third kappa shape index (κ3) is 3.87. The Hall–Kier alpha value is -2.51. The van der Waals surface area contributed by atoms with E-state index in [1.54, 1.807) is 36.1 Å². The van der Waals surface area contributed by atoms with E-state index in [4.69, 9.17) is 9.47 Å². The number of ether oxygens (including phenoxy) is 2. The summed E-state index contributed by atoms with van der Waals surface area (Å²) in [6.45, 7) is 3.98. The Morgan fingerprint density at radius 1 is 1.21 bits per heavy atom. The van der Waals surface area contributed by atoms with Crippen molar-refractivity contribution in [2.45, 2.75) is 20.0 Å². The van der Waals surface area contributed by atoms with Crippen molar-refractivity contribution < 1.29 is 22.6 Å². The van der Waals surface area contributed by atoms with E-state index in [1.807, 2.05) is 6.92 Å². The second kappa shape index (κ2) is 7.37. The van der Waals surface area contributed by atoms with Crippen LogP contribution in [0.4, 0.5) is 24.8 Å². The monoisotopic (exact) mass is 341 g/mol. The third-order valence-corrected chi connectivity index (χ3v) is 3.25. The van der Waals surface area contributed by atoms with Crippen LogP contribution in [0.25, 0.3) is 0 Å². The van der Waals surface area contributed by atoms with Crippen LogP contribution in [0.15, 0.2) is 30.5 Å². The maximum Gasteiger partial charge on any atom is 0.423 e. The van der Waals surface area contributed by atoms with Crippen LogP contribution in [0.2, 0.25) is 0 Å². The number of aromatic nitrogens is 2. The molecule has 24 heavy (non-hydrogen) atoms. The summed E-state index contributed by atoms with van der Waals surface area (Å²) in [5.41, 5.74) is -0.283. The number of rotatable bonds is 6. The summed E-state index contributed by atoms with van der Waals surface area (Å²) >= 11 is 0. The quantitative estimate of drug-likeness (QED) is 0.793. The summed E-state index contributed by atoms with van der Waals surface area (Å²) in [5, 5.41) is 0. The molecule has 0 radical (unpaired) electrons. The predicted molar refractivity (Wildman–Crippen MR) is 83.9 cm³/mol. The highest BCUT2D eigenvalue weighted by Gasteiger charge is 2.36.